The van der Waals surface area contributed by atoms with Gasteiger partial charge in [-0.25, -0.2) is 0 Å². The number of fused-ring (bicyclic) bond motifs is 2. The van der Waals surface area contributed by atoms with Crippen LogP contribution in [0, 0.1) is 0 Å². The average Bonchev–Trinajstić information content (AvgIpc) is 3.02. The van der Waals surface area contributed by atoms with Crippen molar-refractivity contribution in [3.05, 3.63) is 30.3 Å². The smallest absolute Gasteiger partial charge is 0.152 e. The summed E-state index contributed by atoms with van der Waals surface area (Å²) >= 11 is 0. The molecule has 0 bridgehead atoms. The lowest BCUT2D eigenvalue weighted by atomic mass is 10.1. The first-order chi connectivity index (χ1) is 8.42. The first-order valence-corrected chi connectivity index (χ1v) is 6.51. The number of furan rings is 1. The molecular weight excluding hydrogens is 212 g/mol. The second kappa shape index (κ2) is 3.57. The number of hydrogen-bond acceptors (Lipinski definition) is 3. The van der Waals surface area contributed by atoms with E-state index in [1.165, 1.54) is 37.6 Å². The predicted octanol–water partition coefficient (Wildman–Crippen LogP) is 3.13. The fourth-order valence-electron chi connectivity index (χ4n) is 3.47. The minimum Gasteiger partial charge on any atom is -0.458 e. The van der Waals surface area contributed by atoms with Gasteiger partial charge in [-0.3, -0.25) is 9.88 Å². The van der Waals surface area contributed by atoms with E-state index < -0.39 is 0 Å². The van der Waals surface area contributed by atoms with E-state index in [0.717, 1.165) is 17.4 Å². The summed E-state index contributed by atoms with van der Waals surface area (Å²) in [5.74, 6) is 1.14. The number of aromatic nitrogens is 1. The van der Waals surface area contributed by atoms with Gasteiger partial charge in [-0.2, -0.15) is 0 Å². The van der Waals surface area contributed by atoms with E-state index in [9.17, 15) is 0 Å². The van der Waals surface area contributed by atoms with Gasteiger partial charge in [0.2, 0.25) is 0 Å². The molecule has 2 aromatic rings. The van der Waals surface area contributed by atoms with E-state index >= 15 is 0 Å². The summed E-state index contributed by atoms with van der Waals surface area (Å²) in [5.41, 5.74) is 0.921. The van der Waals surface area contributed by atoms with Crippen LogP contribution in [0.2, 0.25) is 0 Å². The largest absolute Gasteiger partial charge is 0.458 e. The van der Waals surface area contributed by atoms with E-state index in [1.807, 2.05) is 18.5 Å². The third-order valence-corrected chi connectivity index (χ3v) is 4.27. The normalized spacial score (nSPS) is 28.9. The molecule has 3 heteroatoms. The highest BCUT2D eigenvalue weighted by atomic mass is 16.3. The van der Waals surface area contributed by atoms with Crippen LogP contribution in [0.3, 0.4) is 0 Å². The zero-order chi connectivity index (χ0) is 11.2. The molecule has 88 valence electrons. The molecule has 0 radical (unpaired) electrons. The van der Waals surface area contributed by atoms with Crippen molar-refractivity contribution in [2.45, 2.75) is 37.8 Å². The Morgan fingerprint density at radius 3 is 3.24 bits per heavy atom. The number of pyridine rings is 1. The lowest BCUT2D eigenvalue weighted by Crippen LogP contribution is -2.25. The van der Waals surface area contributed by atoms with Gasteiger partial charge in [0.25, 0.3) is 0 Å². The van der Waals surface area contributed by atoms with Gasteiger partial charge >= 0.3 is 0 Å². The van der Waals surface area contributed by atoms with Crippen molar-refractivity contribution in [2.24, 2.45) is 0 Å². The van der Waals surface area contributed by atoms with Crippen LogP contribution < -0.4 is 0 Å². The second-order valence-corrected chi connectivity index (χ2v) is 5.19. The van der Waals surface area contributed by atoms with Crippen molar-refractivity contribution in [1.29, 1.82) is 0 Å². The third kappa shape index (κ3) is 1.42. The number of hydrogen-bond donors (Lipinski definition) is 0. The SMILES string of the molecule is c1cc2cc([C@@H]3CC[C@@H]4CCCN43)oc2cn1. The lowest BCUT2D eigenvalue weighted by molar-refractivity contribution is 0.225. The quantitative estimate of drug-likeness (QED) is 0.751. The molecule has 0 spiro atoms. The molecule has 2 fully saturated rings. The van der Waals surface area contributed by atoms with Crippen LogP contribution in [-0.4, -0.2) is 22.5 Å². The highest BCUT2D eigenvalue weighted by Crippen LogP contribution is 2.42. The summed E-state index contributed by atoms with van der Waals surface area (Å²) < 4.78 is 5.96. The van der Waals surface area contributed by atoms with Crippen LogP contribution >= 0.6 is 0 Å². The molecule has 4 rings (SSSR count). The molecule has 0 aliphatic carbocycles. The zero-order valence-electron chi connectivity index (χ0n) is 9.80. The standard InChI is InChI=1S/C14H16N2O/c1-2-11-3-4-12(16(11)7-1)13-8-10-5-6-15-9-14(10)17-13/h5-6,8-9,11-12H,1-4,7H2/t11-,12-/m0/s1. The summed E-state index contributed by atoms with van der Waals surface area (Å²) in [7, 11) is 0. The van der Waals surface area contributed by atoms with Gasteiger partial charge in [-0.1, -0.05) is 0 Å². The van der Waals surface area contributed by atoms with Crippen LogP contribution in [0.5, 0.6) is 0 Å². The van der Waals surface area contributed by atoms with Crippen LogP contribution in [0.25, 0.3) is 11.0 Å². The Morgan fingerprint density at radius 1 is 1.29 bits per heavy atom. The molecule has 0 aromatic carbocycles. The molecule has 4 heterocycles. The third-order valence-electron chi connectivity index (χ3n) is 4.27. The molecule has 0 unspecified atom stereocenters. The van der Waals surface area contributed by atoms with Crippen molar-refractivity contribution in [3.8, 4) is 0 Å². The van der Waals surface area contributed by atoms with E-state index in [4.69, 9.17) is 4.42 Å². The van der Waals surface area contributed by atoms with Crippen molar-refractivity contribution in [1.82, 2.24) is 9.88 Å². The fraction of sp³-hybridized carbons (Fsp3) is 0.500. The Morgan fingerprint density at radius 2 is 2.29 bits per heavy atom. The minimum atomic E-state index is 0.509. The van der Waals surface area contributed by atoms with Gasteiger partial charge in [-0.15, -0.1) is 0 Å². The van der Waals surface area contributed by atoms with Crippen LogP contribution in [-0.2, 0) is 0 Å². The molecule has 0 saturated carbocycles. The molecule has 2 atom stereocenters. The average molecular weight is 228 g/mol. The van der Waals surface area contributed by atoms with Gasteiger partial charge in [0, 0.05) is 17.6 Å². The molecule has 2 aliphatic heterocycles. The van der Waals surface area contributed by atoms with Crippen LogP contribution in [0.1, 0.15) is 37.5 Å². The van der Waals surface area contributed by atoms with E-state index in [-0.39, 0.29) is 0 Å². The molecule has 2 aliphatic rings. The fourth-order valence-corrected chi connectivity index (χ4v) is 3.47. The molecular formula is C14H16N2O. The van der Waals surface area contributed by atoms with Crippen LogP contribution in [0.15, 0.2) is 28.9 Å². The van der Waals surface area contributed by atoms with Gasteiger partial charge < -0.3 is 4.42 Å². The van der Waals surface area contributed by atoms with Gasteiger partial charge in [-0.05, 0) is 44.4 Å². The monoisotopic (exact) mass is 228 g/mol. The minimum absolute atomic E-state index is 0.509. The summed E-state index contributed by atoms with van der Waals surface area (Å²) in [6.07, 6.45) is 8.95. The Balaban J connectivity index is 1.74. The maximum Gasteiger partial charge on any atom is 0.152 e. The second-order valence-electron chi connectivity index (χ2n) is 5.19. The molecule has 2 aromatic heterocycles. The molecule has 0 amide bonds. The van der Waals surface area contributed by atoms with Crippen molar-refractivity contribution < 1.29 is 4.42 Å². The van der Waals surface area contributed by atoms with Crippen molar-refractivity contribution >= 4 is 11.0 Å². The summed E-state index contributed by atoms with van der Waals surface area (Å²) in [5, 5.41) is 1.18. The summed E-state index contributed by atoms with van der Waals surface area (Å²) in [6.45, 7) is 1.24. The summed E-state index contributed by atoms with van der Waals surface area (Å²) in [6, 6.07) is 5.54. The molecule has 0 N–H and O–H groups in total. The molecule has 3 nitrogen and oxygen atoms in total. The first-order valence-electron chi connectivity index (χ1n) is 6.51. The highest BCUT2D eigenvalue weighted by Gasteiger charge is 2.38. The maximum atomic E-state index is 5.96. The van der Waals surface area contributed by atoms with E-state index in [2.05, 4.69) is 16.0 Å². The lowest BCUT2D eigenvalue weighted by Gasteiger charge is -2.21. The van der Waals surface area contributed by atoms with Gasteiger partial charge in [0.1, 0.15) is 5.76 Å². The molecule has 17 heavy (non-hydrogen) atoms. The first kappa shape index (κ1) is 9.66. The van der Waals surface area contributed by atoms with Crippen molar-refractivity contribution in [2.75, 3.05) is 6.54 Å². The maximum absolute atomic E-state index is 5.96. The Kier molecular flexibility index (Phi) is 2.03. The van der Waals surface area contributed by atoms with E-state index in [0.29, 0.717) is 6.04 Å². The van der Waals surface area contributed by atoms with Crippen LogP contribution in [0.4, 0.5) is 0 Å². The number of nitrogens with zero attached hydrogens (tertiary/aromatic N) is 2. The van der Waals surface area contributed by atoms with Gasteiger partial charge in [0.15, 0.2) is 5.58 Å². The number of rotatable bonds is 1. The zero-order valence-corrected chi connectivity index (χ0v) is 9.80. The van der Waals surface area contributed by atoms with Crippen molar-refractivity contribution in [3.63, 3.8) is 0 Å². The predicted molar refractivity (Wildman–Crippen MR) is 65.7 cm³/mol. The highest BCUT2D eigenvalue weighted by molar-refractivity contribution is 5.76. The van der Waals surface area contributed by atoms with Gasteiger partial charge in [0.05, 0.1) is 12.2 Å². The Bertz CT molecular complexity index is 515. The summed E-state index contributed by atoms with van der Waals surface area (Å²) in [4.78, 5) is 6.74. The Hall–Kier alpha value is -1.35. The topological polar surface area (TPSA) is 29.3 Å². The molecule has 2 saturated heterocycles. The Labute approximate surface area is 100 Å². The van der Waals surface area contributed by atoms with E-state index in [1.54, 1.807) is 0 Å².